The SMILES string of the molecule is Cc1ccc(C23CC4CC(CC(C(=O)N5CCN(S(C)(=O)=O)CC5)(C4)C2)C3)cc1. The Morgan fingerprint density at radius 2 is 1.55 bits per heavy atom. The average molecular weight is 417 g/mol. The zero-order valence-corrected chi connectivity index (χ0v) is 18.4. The minimum absolute atomic E-state index is 0.155. The number of rotatable bonds is 3. The molecule has 158 valence electrons. The van der Waals surface area contributed by atoms with E-state index < -0.39 is 10.0 Å². The first kappa shape index (κ1) is 19.6. The summed E-state index contributed by atoms with van der Waals surface area (Å²) in [5.74, 6) is 1.61. The van der Waals surface area contributed by atoms with Crippen LogP contribution in [0.1, 0.15) is 49.7 Å². The van der Waals surface area contributed by atoms with E-state index in [2.05, 4.69) is 31.2 Å². The predicted octanol–water partition coefficient (Wildman–Crippen LogP) is 2.94. The molecule has 2 atom stereocenters. The molecular formula is C23H32N2O3S. The van der Waals surface area contributed by atoms with Gasteiger partial charge in [-0.2, -0.15) is 4.31 Å². The van der Waals surface area contributed by atoms with Gasteiger partial charge in [0.25, 0.3) is 0 Å². The maximum absolute atomic E-state index is 13.8. The molecule has 1 aliphatic heterocycles. The van der Waals surface area contributed by atoms with Gasteiger partial charge in [0.1, 0.15) is 0 Å². The molecule has 5 nitrogen and oxygen atoms in total. The van der Waals surface area contributed by atoms with Gasteiger partial charge in [-0.15, -0.1) is 0 Å². The maximum Gasteiger partial charge on any atom is 0.228 e. The average Bonchev–Trinajstić information content (AvgIpc) is 2.66. The van der Waals surface area contributed by atoms with Crippen LogP contribution in [0.5, 0.6) is 0 Å². The van der Waals surface area contributed by atoms with Crippen molar-refractivity contribution in [1.29, 1.82) is 0 Å². The van der Waals surface area contributed by atoms with Crippen LogP contribution in [0, 0.1) is 24.2 Å². The number of piperazine rings is 1. The minimum Gasteiger partial charge on any atom is -0.340 e. The highest BCUT2D eigenvalue weighted by Gasteiger charge is 2.61. The Labute approximate surface area is 174 Å². The molecule has 1 heterocycles. The second-order valence-corrected chi connectivity index (χ2v) is 12.3. The lowest BCUT2D eigenvalue weighted by molar-refractivity contribution is -0.161. The van der Waals surface area contributed by atoms with E-state index >= 15 is 0 Å². The molecule has 0 radical (unpaired) electrons. The van der Waals surface area contributed by atoms with Crippen molar-refractivity contribution in [2.24, 2.45) is 17.3 Å². The van der Waals surface area contributed by atoms with Gasteiger partial charge in [-0.25, -0.2) is 8.42 Å². The first-order valence-electron chi connectivity index (χ1n) is 11.0. The summed E-state index contributed by atoms with van der Waals surface area (Å²) in [4.78, 5) is 15.8. The molecule has 4 saturated carbocycles. The highest BCUT2D eigenvalue weighted by molar-refractivity contribution is 7.88. The number of carbonyl (C=O) groups excluding carboxylic acids is 1. The maximum atomic E-state index is 13.8. The van der Waals surface area contributed by atoms with Crippen molar-refractivity contribution in [3.63, 3.8) is 0 Å². The first-order chi connectivity index (χ1) is 13.7. The van der Waals surface area contributed by atoms with Crippen LogP contribution in [0.4, 0.5) is 0 Å². The van der Waals surface area contributed by atoms with Gasteiger partial charge < -0.3 is 4.90 Å². The monoisotopic (exact) mass is 416 g/mol. The second kappa shape index (κ2) is 6.55. The number of aryl methyl sites for hydroxylation is 1. The van der Waals surface area contributed by atoms with Crippen molar-refractivity contribution in [2.45, 2.75) is 50.9 Å². The zero-order chi connectivity index (χ0) is 20.4. The van der Waals surface area contributed by atoms with Gasteiger partial charge in [0.05, 0.1) is 11.7 Å². The smallest absolute Gasteiger partial charge is 0.228 e. The molecule has 1 amide bonds. The third-order valence-corrected chi connectivity index (χ3v) is 9.48. The van der Waals surface area contributed by atoms with Crippen molar-refractivity contribution in [3.05, 3.63) is 35.4 Å². The largest absolute Gasteiger partial charge is 0.340 e. The Bertz CT molecular complexity index is 902. The fraction of sp³-hybridized carbons (Fsp3) is 0.696. The summed E-state index contributed by atoms with van der Waals surface area (Å²) < 4.78 is 25.2. The molecular weight excluding hydrogens is 384 g/mol. The van der Waals surface area contributed by atoms with E-state index in [1.165, 1.54) is 41.0 Å². The fourth-order valence-corrected chi connectivity index (χ4v) is 8.14. The Morgan fingerprint density at radius 1 is 0.966 bits per heavy atom. The molecule has 1 saturated heterocycles. The van der Waals surface area contributed by atoms with Crippen LogP contribution in [-0.4, -0.2) is 56.0 Å². The molecule has 0 spiro atoms. The summed E-state index contributed by atoms with van der Waals surface area (Å²) >= 11 is 0. The van der Waals surface area contributed by atoms with Crippen LogP contribution >= 0.6 is 0 Å². The molecule has 5 fully saturated rings. The molecule has 0 N–H and O–H groups in total. The van der Waals surface area contributed by atoms with Crippen LogP contribution in [-0.2, 0) is 20.2 Å². The number of amides is 1. The lowest BCUT2D eigenvalue weighted by Gasteiger charge is -2.62. The number of benzene rings is 1. The van der Waals surface area contributed by atoms with Crippen LogP contribution < -0.4 is 0 Å². The molecule has 5 aliphatic rings. The summed E-state index contributed by atoms with van der Waals surface area (Å²) in [7, 11) is -3.17. The minimum atomic E-state index is -3.17. The molecule has 29 heavy (non-hydrogen) atoms. The van der Waals surface area contributed by atoms with Gasteiger partial charge in [-0.05, 0) is 68.3 Å². The van der Waals surface area contributed by atoms with E-state index in [1.807, 2.05) is 4.90 Å². The topological polar surface area (TPSA) is 57.7 Å². The van der Waals surface area contributed by atoms with Crippen LogP contribution in [0.25, 0.3) is 0 Å². The number of nitrogens with zero attached hydrogens (tertiary/aromatic N) is 2. The number of sulfonamides is 1. The van der Waals surface area contributed by atoms with Crippen molar-refractivity contribution in [2.75, 3.05) is 32.4 Å². The summed E-state index contributed by atoms with van der Waals surface area (Å²) in [6.07, 6.45) is 8.03. The van der Waals surface area contributed by atoms with Crippen LogP contribution in [0.3, 0.4) is 0 Å². The van der Waals surface area contributed by atoms with E-state index in [-0.39, 0.29) is 10.8 Å². The van der Waals surface area contributed by atoms with E-state index in [0.717, 1.165) is 19.3 Å². The highest BCUT2D eigenvalue weighted by Crippen LogP contribution is 2.66. The lowest BCUT2D eigenvalue weighted by Crippen LogP contribution is -2.61. The molecule has 1 aromatic rings. The molecule has 0 aromatic heterocycles. The van der Waals surface area contributed by atoms with Gasteiger partial charge in [0, 0.05) is 26.2 Å². The van der Waals surface area contributed by atoms with Crippen LogP contribution in [0.2, 0.25) is 0 Å². The Kier molecular flexibility index (Phi) is 4.42. The molecule has 1 aromatic carbocycles. The Balaban J connectivity index is 1.40. The van der Waals surface area contributed by atoms with Gasteiger partial charge >= 0.3 is 0 Å². The Hall–Kier alpha value is -1.40. The van der Waals surface area contributed by atoms with Gasteiger partial charge in [0.15, 0.2) is 0 Å². The zero-order valence-electron chi connectivity index (χ0n) is 17.6. The van der Waals surface area contributed by atoms with Crippen molar-refractivity contribution in [3.8, 4) is 0 Å². The van der Waals surface area contributed by atoms with Crippen molar-refractivity contribution >= 4 is 15.9 Å². The summed E-state index contributed by atoms with van der Waals surface area (Å²) in [6.45, 7) is 4.04. The summed E-state index contributed by atoms with van der Waals surface area (Å²) in [6, 6.07) is 9.02. The van der Waals surface area contributed by atoms with E-state index in [1.54, 1.807) is 0 Å². The standard InChI is InChI=1S/C23H32N2O3S/c1-17-3-5-20(6-4-17)22-12-18-11-19(13-22)15-23(14-18,16-22)21(26)24-7-9-25(10-8-24)29(2,27)28/h3-6,18-19H,7-16H2,1-2H3. The normalized spacial score (nSPS) is 37.1. The molecule has 2 unspecified atom stereocenters. The number of hydrogen-bond acceptors (Lipinski definition) is 3. The third kappa shape index (κ3) is 3.23. The molecule has 6 rings (SSSR count). The fourth-order valence-electron chi connectivity index (χ4n) is 7.32. The molecule has 6 heteroatoms. The number of carbonyl (C=O) groups is 1. The molecule has 4 bridgehead atoms. The Morgan fingerprint density at radius 3 is 2.10 bits per heavy atom. The second-order valence-electron chi connectivity index (χ2n) is 10.3. The van der Waals surface area contributed by atoms with Gasteiger partial charge in [-0.3, -0.25) is 4.79 Å². The third-order valence-electron chi connectivity index (χ3n) is 8.17. The van der Waals surface area contributed by atoms with E-state index in [4.69, 9.17) is 0 Å². The summed E-state index contributed by atoms with van der Waals surface area (Å²) in [5, 5.41) is 0. The van der Waals surface area contributed by atoms with Crippen LogP contribution in [0.15, 0.2) is 24.3 Å². The first-order valence-corrected chi connectivity index (χ1v) is 12.9. The van der Waals surface area contributed by atoms with Gasteiger partial charge in [-0.1, -0.05) is 29.8 Å². The van der Waals surface area contributed by atoms with Gasteiger partial charge in [0.2, 0.25) is 15.9 Å². The van der Waals surface area contributed by atoms with E-state index in [0.29, 0.717) is 43.9 Å². The van der Waals surface area contributed by atoms with Crippen molar-refractivity contribution < 1.29 is 13.2 Å². The number of hydrogen-bond donors (Lipinski definition) is 0. The lowest BCUT2D eigenvalue weighted by atomic mass is 9.42. The van der Waals surface area contributed by atoms with Crippen molar-refractivity contribution in [1.82, 2.24) is 9.21 Å². The summed E-state index contributed by atoms with van der Waals surface area (Å²) in [5.41, 5.74) is 2.63. The quantitative estimate of drug-likeness (QED) is 0.761. The predicted molar refractivity (Wildman–Crippen MR) is 113 cm³/mol. The highest BCUT2D eigenvalue weighted by atomic mass is 32.2. The molecule has 4 aliphatic carbocycles. The van der Waals surface area contributed by atoms with E-state index in [9.17, 15) is 13.2 Å².